The molecule has 2 atom stereocenters. The lowest BCUT2D eigenvalue weighted by atomic mass is 10.0. The van der Waals surface area contributed by atoms with Crippen molar-refractivity contribution in [2.75, 3.05) is 0 Å². The zero-order valence-electron chi connectivity index (χ0n) is 20.5. The average molecular weight is 437 g/mol. The highest BCUT2D eigenvalue weighted by Crippen LogP contribution is 2.26. The second kappa shape index (κ2) is 13.8. The number of aryl methyl sites for hydroxylation is 1. The van der Waals surface area contributed by atoms with Gasteiger partial charge in [-0.1, -0.05) is 64.7 Å². The van der Waals surface area contributed by atoms with E-state index < -0.39 is 0 Å². The van der Waals surface area contributed by atoms with Gasteiger partial charge in [0.05, 0.1) is 17.8 Å². The Morgan fingerprint density at radius 2 is 1.50 bits per heavy atom. The van der Waals surface area contributed by atoms with E-state index in [0.29, 0.717) is 11.3 Å². The number of para-hydroxylation sites is 1. The van der Waals surface area contributed by atoms with Crippen LogP contribution < -0.4 is 9.47 Å². The summed E-state index contributed by atoms with van der Waals surface area (Å²) in [6.07, 6.45) is 11.2. The fourth-order valence-electron chi connectivity index (χ4n) is 3.62. The van der Waals surface area contributed by atoms with E-state index in [1.807, 2.05) is 36.4 Å². The average Bonchev–Trinajstić information content (AvgIpc) is 2.80. The number of ketones is 1. The summed E-state index contributed by atoms with van der Waals surface area (Å²) in [4.78, 5) is 13.1. The Morgan fingerprint density at radius 3 is 2.12 bits per heavy atom. The van der Waals surface area contributed by atoms with E-state index in [-0.39, 0.29) is 18.0 Å². The normalized spacial score (nSPS) is 13.2. The van der Waals surface area contributed by atoms with Crippen molar-refractivity contribution in [1.29, 1.82) is 0 Å². The first-order valence-electron chi connectivity index (χ1n) is 12.3. The summed E-state index contributed by atoms with van der Waals surface area (Å²) in [5.74, 6) is 1.42. The van der Waals surface area contributed by atoms with Gasteiger partial charge in [0.1, 0.15) is 11.5 Å². The van der Waals surface area contributed by atoms with Gasteiger partial charge in [0, 0.05) is 5.56 Å². The number of benzene rings is 2. The van der Waals surface area contributed by atoms with Crippen LogP contribution in [0.5, 0.6) is 11.5 Å². The van der Waals surface area contributed by atoms with Gasteiger partial charge in [0.2, 0.25) is 0 Å². The summed E-state index contributed by atoms with van der Waals surface area (Å²) in [5.41, 5.74) is 2.76. The molecule has 0 N–H and O–H groups in total. The fourth-order valence-corrected chi connectivity index (χ4v) is 3.62. The third kappa shape index (κ3) is 8.18. The molecule has 0 aliphatic carbocycles. The van der Waals surface area contributed by atoms with Crippen LogP contribution in [0.3, 0.4) is 0 Å². The predicted octanol–water partition coefficient (Wildman–Crippen LogP) is 8.06. The van der Waals surface area contributed by atoms with Crippen molar-refractivity contribution in [3.05, 3.63) is 65.2 Å². The van der Waals surface area contributed by atoms with Gasteiger partial charge in [0.15, 0.2) is 5.78 Å². The standard InChI is InChI=1S/C29H40O3/c1-6-9-13-22(4)31-28-20-17-24(8-3)21-25(28)18-19-27(30)26-15-11-12-16-29(26)32-23(5)14-10-7-2/h11-12,15-23H,6-10,13-14H2,1-5H3. The van der Waals surface area contributed by atoms with E-state index in [1.165, 1.54) is 5.56 Å². The van der Waals surface area contributed by atoms with Crippen molar-refractivity contribution in [3.63, 3.8) is 0 Å². The van der Waals surface area contributed by atoms with E-state index in [0.717, 1.165) is 56.3 Å². The summed E-state index contributed by atoms with van der Waals surface area (Å²) >= 11 is 0. The lowest BCUT2D eigenvalue weighted by Crippen LogP contribution is -2.13. The molecule has 2 aromatic carbocycles. The molecule has 0 aromatic heterocycles. The summed E-state index contributed by atoms with van der Waals surface area (Å²) in [6, 6.07) is 13.7. The molecule has 0 heterocycles. The first-order chi connectivity index (χ1) is 15.5. The molecule has 0 saturated carbocycles. The molecule has 32 heavy (non-hydrogen) atoms. The molecule has 0 aliphatic heterocycles. The van der Waals surface area contributed by atoms with Crippen LogP contribution in [0.1, 0.15) is 94.6 Å². The van der Waals surface area contributed by atoms with Gasteiger partial charge in [-0.2, -0.15) is 0 Å². The number of carbonyl (C=O) groups is 1. The Morgan fingerprint density at radius 1 is 0.875 bits per heavy atom. The molecular weight excluding hydrogens is 396 g/mol. The molecule has 2 unspecified atom stereocenters. The third-order valence-corrected chi connectivity index (χ3v) is 5.63. The molecule has 2 aromatic rings. The summed E-state index contributed by atoms with van der Waals surface area (Å²) in [7, 11) is 0. The van der Waals surface area contributed by atoms with E-state index in [9.17, 15) is 4.79 Å². The Bertz CT molecular complexity index is 868. The number of rotatable bonds is 14. The van der Waals surface area contributed by atoms with Crippen molar-refractivity contribution in [1.82, 2.24) is 0 Å². The topological polar surface area (TPSA) is 35.5 Å². The number of carbonyl (C=O) groups excluding carboxylic acids is 1. The predicted molar refractivity (Wildman–Crippen MR) is 135 cm³/mol. The molecule has 3 nitrogen and oxygen atoms in total. The van der Waals surface area contributed by atoms with Crippen LogP contribution in [-0.2, 0) is 6.42 Å². The Labute approximate surface area is 194 Å². The van der Waals surface area contributed by atoms with E-state index >= 15 is 0 Å². The van der Waals surface area contributed by atoms with Crippen LogP contribution in [-0.4, -0.2) is 18.0 Å². The lowest BCUT2D eigenvalue weighted by molar-refractivity contribution is 0.104. The van der Waals surface area contributed by atoms with Gasteiger partial charge < -0.3 is 9.47 Å². The van der Waals surface area contributed by atoms with Crippen LogP contribution in [0.25, 0.3) is 6.08 Å². The van der Waals surface area contributed by atoms with Crippen molar-refractivity contribution in [2.45, 2.75) is 91.8 Å². The zero-order chi connectivity index (χ0) is 23.3. The minimum Gasteiger partial charge on any atom is -0.490 e. The van der Waals surface area contributed by atoms with Crippen LogP contribution in [0.4, 0.5) is 0 Å². The minimum absolute atomic E-state index is 0.0600. The maximum atomic E-state index is 13.1. The summed E-state index contributed by atoms with van der Waals surface area (Å²) in [5, 5.41) is 0. The largest absolute Gasteiger partial charge is 0.490 e. The van der Waals surface area contributed by atoms with Crippen molar-refractivity contribution >= 4 is 11.9 Å². The molecule has 0 saturated heterocycles. The highest BCUT2D eigenvalue weighted by molar-refractivity contribution is 6.08. The van der Waals surface area contributed by atoms with E-state index in [2.05, 4.69) is 46.8 Å². The van der Waals surface area contributed by atoms with Gasteiger partial charge in [-0.25, -0.2) is 0 Å². The van der Waals surface area contributed by atoms with Gasteiger partial charge >= 0.3 is 0 Å². The van der Waals surface area contributed by atoms with Crippen molar-refractivity contribution < 1.29 is 14.3 Å². The van der Waals surface area contributed by atoms with Gasteiger partial charge in [0.25, 0.3) is 0 Å². The van der Waals surface area contributed by atoms with Crippen LogP contribution in [0.2, 0.25) is 0 Å². The number of hydrogen-bond acceptors (Lipinski definition) is 3. The summed E-state index contributed by atoms with van der Waals surface area (Å²) in [6.45, 7) is 10.7. The maximum Gasteiger partial charge on any atom is 0.189 e. The van der Waals surface area contributed by atoms with Crippen LogP contribution in [0.15, 0.2) is 48.5 Å². The Hall–Kier alpha value is -2.55. The maximum absolute atomic E-state index is 13.1. The molecule has 0 amide bonds. The monoisotopic (exact) mass is 436 g/mol. The molecule has 0 bridgehead atoms. The molecular formula is C29H40O3. The highest BCUT2D eigenvalue weighted by Gasteiger charge is 2.13. The molecule has 0 radical (unpaired) electrons. The fraction of sp³-hybridized carbons (Fsp3) is 0.483. The Kier molecular flexibility index (Phi) is 11.1. The number of allylic oxidation sites excluding steroid dienone is 1. The third-order valence-electron chi connectivity index (χ3n) is 5.63. The molecule has 3 heteroatoms. The number of ether oxygens (including phenoxy) is 2. The SMILES string of the molecule is CCCCC(C)Oc1ccc(CC)cc1C=CC(=O)c1ccccc1OC(C)CCCC. The molecule has 0 spiro atoms. The smallest absolute Gasteiger partial charge is 0.189 e. The Balaban J connectivity index is 2.21. The quantitative estimate of drug-likeness (QED) is 0.222. The van der Waals surface area contributed by atoms with E-state index in [1.54, 1.807) is 6.08 Å². The summed E-state index contributed by atoms with van der Waals surface area (Å²) < 4.78 is 12.3. The second-order valence-corrected chi connectivity index (χ2v) is 8.56. The minimum atomic E-state index is -0.0600. The molecule has 174 valence electrons. The van der Waals surface area contributed by atoms with Gasteiger partial charge in [-0.15, -0.1) is 0 Å². The van der Waals surface area contributed by atoms with Gasteiger partial charge in [-0.3, -0.25) is 4.79 Å². The molecule has 0 aliphatic rings. The first-order valence-corrected chi connectivity index (χ1v) is 12.3. The van der Waals surface area contributed by atoms with Crippen molar-refractivity contribution in [2.24, 2.45) is 0 Å². The molecule has 0 fully saturated rings. The second-order valence-electron chi connectivity index (χ2n) is 8.56. The number of hydrogen-bond donors (Lipinski definition) is 0. The van der Waals surface area contributed by atoms with Gasteiger partial charge in [-0.05, 0) is 75.1 Å². The molecule has 2 rings (SSSR count). The van der Waals surface area contributed by atoms with Crippen molar-refractivity contribution in [3.8, 4) is 11.5 Å². The number of unbranched alkanes of at least 4 members (excludes halogenated alkanes) is 2. The highest BCUT2D eigenvalue weighted by atomic mass is 16.5. The lowest BCUT2D eigenvalue weighted by Gasteiger charge is -2.17. The van der Waals surface area contributed by atoms with Crippen LogP contribution >= 0.6 is 0 Å². The first kappa shape index (κ1) is 25.7. The zero-order valence-corrected chi connectivity index (χ0v) is 20.5. The van der Waals surface area contributed by atoms with E-state index in [4.69, 9.17) is 9.47 Å². The van der Waals surface area contributed by atoms with Crippen LogP contribution in [0, 0.1) is 0 Å².